The van der Waals surface area contributed by atoms with Crippen LogP contribution in [0.15, 0.2) is 53.1 Å². The molecule has 1 amide bonds. The van der Waals surface area contributed by atoms with Gasteiger partial charge in [-0.15, -0.1) is 0 Å². The van der Waals surface area contributed by atoms with E-state index in [1.54, 1.807) is 24.3 Å². The van der Waals surface area contributed by atoms with Crippen LogP contribution in [0.2, 0.25) is 10.0 Å². The van der Waals surface area contributed by atoms with E-state index in [1.807, 2.05) is 24.3 Å². The Labute approximate surface area is 161 Å². The van der Waals surface area contributed by atoms with Crippen LogP contribution in [0.3, 0.4) is 0 Å². The second kappa shape index (κ2) is 8.83. The van der Waals surface area contributed by atoms with Gasteiger partial charge in [0.25, 0.3) is 0 Å². The number of aryl methyl sites for hydroxylation is 1. The van der Waals surface area contributed by atoms with Crippen LogP contribution in [0.4, 0.5) is 0 Å². The summed E-state index contributed by atoms with van der Waals surface area (Å²) < 4.78 is 5.23. The normalized spacial score (nSPS) is 10.7. The molecule has 7 heteroatoms. The van der Waals surface area contributed by atoms with Gasteiger partial charge in [-0.25, -0.2) is 0 Å². The van der Waals surface area contributed by atoms with Gasteiger partial charge in [-0.1, -0.05) is 40.5 Å². The Morgan fingerprint density at radius 2 is 1.65 bits per heavy atom. The summed E-state index contributed by atoms with van der Waals surface area (Å²) in [6.07, 6.45) is 1.58. The summed E-state index contributed by atoms with van der Waals surface area (Å²) in [7, 11) is 0. The molecule has 5 nitrogen and oxygen atoms in total. The first kappa shape index (κ1) is 18.4. The van der Waals surface area contributed by atoms with Crippen LogP contribution in [0.1, 0.15) is 24.3 Å². The highest BCUT2D eigenvalue weighted by molar-refractivity contribution is 6.30. The number of halogens is 2. The maximum Gasteiger partial charge on any atom is 0.226 e. The first-order valence-corrected chi connectivity index (χ1v) is 8.95. The van der Waals surface area contributed by atoms with Crippen molar-refractivity contribution in [1.82, 2.24) is 15.5 Å². The number of nitrogens with one attached hydrogen (secondary N) is 1. The lowest BCUT2D eigenvalue weighted by molar-refractivity contribution is -0.121. The third kappa shape index (κ3) is 5.31. The molecule has 1 heterocycles. The molecule has 0 atom stereocenters. The fourth-order valence-electron chi connectivity index (χ4n) is 2.36. The molecule has 2 aromatic carbocycles. The molecule has 0 aliphatic heterocycles. The van der Waals surface area contributed by atoms with Gasteiger partial charge in [-0.2, -0.15) is 4.98 Å². The van der Waals surface area contributed by atoms with E-state index in [9.17, 15) is 4.79 Å². The zero-order valence-corrected chi connectivity index (χ0v) is 15.4. The van der Waals surface area contributed by atoms with Gasteiger partial charge in [0.15, 0.2) is 0 Å². The largest absolute Gasteiger partial charge is 0.352 e. The molecule has 0 aliphatic carbocycles. The molecule has 1 aromatic heterocycles. The van der Waals surface area contributed by atoms with Gasteiger partial charge in [0, 0.05) is 35.0 Å². The van der Waals surface area contributed by atoms with Crippen molar-refractivity contribution >= 4 is 29.1 Å². The Kier molecular flexibility index (Phi) is 6.26. The van der Waals surface area contributed by atoms with Crippen molar-refractivity contribution in [3.63, 3.8) is 0 Å². The molecule has 1 N–H and O–H groups in total. The summed E-state index contributed by atoms with van der Waals surface area (Å²) in [5, 5.41) is 8.17. The van der Waals surface area contributed by atoms with Crippen molar-refractivity contribution in [3.05, 3.63) is 70.0 Å². The number of hydrogen-bond acceptors (Lipinski definition) is 4. The molecule has 0 saturated heterocycles. The molecule has 0 radical (unpaired) electrons. The van der Waals surface area contributed by atoms with E-state index in [-0.39, 0.29) is 5.91 Å². The van der Waals surface area contributed by atoms with E-state index in [4.69, 9.17) is 27.7 Å². The highest BCUT2D eigenvalue weighted by Crippen LogP contribution is 2.19. The van der Waals surface area contributed by atoms with Gasteiger partial charge in [0.05, 0.1) is 0 Å². The van der Waals surface area contributed by atoms with Gasteiger partial charge in [0.2, 0.25) is 17.6 Å². The third-order valence-electron chi connectivity index (χ3n) is 3.77. The molecule has 0 saturated carbocycles. The second-order valence-corrected chi connectivity index (χ2v) is 6.65. The van der Waals surface area contributed by atoms with Gasteiger partial charge < -0.3 is 9.84 Å². The zero-order valence-electron chi connectivity index (χ0n) is 13.9. The van der Waals surface area contributed by atoms with E-state index in [2.05, 4.69) is 15.5 Å². The number of aromatic nitrogens is 2. The molecule has 0 aliphatic rings. The summed E-state index contributed by atoms with van der Waals surface area (Å²) in [4.78, 5) is 16.3. The monoisotopic (exact) mass is 389 g/mol. The number of amides is 1. The number of rotatable bonds is 7. The predicted molar refractivity (Wildman–Crippen MR) is 101 cm³/mol. The van der Waals surface area contributed by atoms with E-state index in [1.165, 1.54) is 0 Å². The number of hydrogen-bond donors (Lipinski definition) is 1. The van der Waals surface area contributed by atoms with Gasteiger partial charge in [-0.05, 0) is 48.4 Å². The maximum absolute atomic E-state index is 11.9. The van der Waals surface area contributed by atoms with Crippen LogP contribution in [0, 0.1) is 0 Å². The smallest absolute Gasteiger partial charge is 0.226 e. The maximum atomic E-state index is 11.9. The van der Waals surface area contributed by atoms with Crippen LogP contribution in [-0.4, -0.2) is 16.0 Å². The first-order valence-electron chi connectivity index (χ1n) is 8.20. The summed E-state index contributed by atoms with van der Waals surface area (Å²) in [6, 6.07) is 14.6. The van der Waals surface area contributed by atoms with Crippen molar-refractivity contribution in [1.29, 1.82) is 0 Å². The predicted octanol–water partition coefficient (Wildman–Crippen LogP) is 4.68. The number of nitrogens with zero attached hydrogens (tertiary/aromatic N) is 2. The summed E-state index contributed by atoms with van der Waals surface area (Å²) in [5.41, 5.74) is 1.84. The molecule has 0 spiro atoms. The Hall–Kier alpha value is -2.37. The van der Waals surface area contributed by atoms with E-state index < -0.39 is 0 Å². The minimum Gasteiger partial charge on any atom is -0.352 e. The lowest BCUT2D eigenvalue weighted by atomic mass is 10.2. The molecule has 134 valence electrons. The summed E-state index contributed by atoms with van der Waals surface area (Å²) in [5.74, 6) is 1.02. The van der Waals surface area contributed by atoms with E-state index in [0.29, 0.717) is 47.6 Å². The molecular weight excluding hydrogens is 373 g/mol. The molecule has 0 unspecified atom stereocenters. The number of carbonyl (C=O) groups excluding carboxylic acids is 1. The van der Waals surface area contributed by atoms with E-state index in [0.717, 1.165) is 11.1 Å². The standard InChI is InChI=1S/C19H17Cl2N3O2/c20-15-8-4-13(5-9-15)12-22-17(25)2-1-3-18-23-19(24-26-18)14-6-10-16(21)11-7-14/h4-11H,1-3,12H2,(H,22,25). The van der Waals surface area contributed by atoms with Crippen LogP contribution in [0.25, 0.3) is 11.4 Å². The Morgan fingerprint density at radius 3 is 2.35 bits per heavy atom. The third-order valence-corrected chi connectivity index (χ3v) is 4.27. The Morgan fingerprint density at radius 1 is 1.00 bits per heavy atom. The second-order valence-electron chi connectivity index (χ2n) is 5.78. The highest BCUT2D eigenvalue weighted by atomic mass is 35.5. The molecule has 0 bridgehead atoms. The van der Waals surface area contributed by atoms with Crippen LogP contribution in [0.5, 0.6) is 0 Å². The molecule has 3 aromatic rings. The Balaban J connectivity index is 1.42. The summed E-state index contributed by atoms with van der Waals surface area (Å²) >= 11 is 11.7. The SMILES string of the molecule is O=C(CCCc1nc(-c2ccc(Cl)cc2)no1)NCc1ccc(Cl)cc1. The first-order chi connectivity index (χ1) is 12.6. The lowest BCUT2D eigenvalue weighted by Gasteiger charge is -2.04. The van der Waals surface area contributed by atoms with E-state index >= 15 is 0 Å². The van der Waals surface area contributed by atoms with Gasteiger partial charge in [0.1, 0.15) is 0 Å². The Bertz CT molecular complexity index is 861. The molecule has 0 fully saturated rings. The highest BCUT2D eigenvalue weighted by Gasteiger charge is 2.09. The van der Waals surface area contributed by atoms with Crippen molar-refractivity contribution in [2.75, 3.05) is 0 Å². The van der Waals surface area contributed by atoms with Gasteiger partial charge >= 0.3 is 0 Å². The topological polar surface area (TPSA) is 68.0 Å². The molecule has 3 rings (SSSR count). The number of carbonyl (C=O) groups is 1. The molecule has 26 heavy (non-hydrogen) atoms. The van der Waals surface area contributed by atoms with Crippen molar-refractivity contribution in [2.45, 2.75) is 25.8 Å². The summed E-state index contributed by atoms with van der Waals surface area (Å²) in [6.45, 7) is 0.483. The quantitative estimate of drug-likeness (QED) is 0.636. The van der Waals surface area contributed by atoms with Crippen LogP contribution >= 0.6 is 23.2 Å². The van der Waals surface area contributed by atoms with Crippen molar-refractivity contribution in [3.8, 4) is 11.4 Å². The zero-order chi connectivity index (χ0) is 18.4. The average molecular weight is 390 g/mol. The van der Waals surface area contributed by atoms with Crippen LogP contribution in [-0.2, 0) is 17.8 Å². The van der Waals surface area contributed by atoms with Gasteiger partial charge in [-0.3, -0.25) is 4.79 Å². The minimum absolute atomic E-state index is 0.0163. The minimum atomic E-state index is -0.0163. The average Bonchev–Trinajstić information content (AvgIpc) is 3.11. The lowest BCUT2D eigenvalue weighted by Crippen LogP contribution is -2.22. The fourth-order valence-corrected chi connectivity index (χ4v) is 2.62. The van der Waals surface area contributed by atoms with Crippen molar-refractivity contribution in [2.24, 2.45) is 0 Å². The molecular formula is C19H17Cl2N3O2. The van der Waals surface area contributed by atoms with Crippen LogP contribution < -0.4 is 5.32 Å². The fraction of sp³-hybridized carbons (Fsp3) is 0.211. The van der Waals surface area contributed by atoms with Crippen molar-refractivity contribution < 1.29 is 9.32 Å². The number of benzene rings is 2.